The van der Waals surface area contributed by atoms with E-state index >= 15 is 0 Å². The molecular weight excluding hydrogens is 458 g/mol. The Morgan fingerprint density at radius 2 is 1.86 bits per heavy atom. The standard InChI is InChI=1S/C28H29N3O5/c1-15(2)19-8-10-20(11-9-19)24-22(25(32)21-16(3)23(28(35)36-5)30-17(21)4)26(33)27(34)31(24)14-18-7-6-12-29-13-18/h6-13,15,24,30,32H,14H2,1-5H3/b25-22+/t24-/m1/s1. The zero-order valence-electron chi connectivity index (χ0n) is 21.0. The molecule has 1 aromatic carbocycles. The van der Waals surface area contributed by atoms with Crippen LogP contribution in [0.2, 0.25) is 0 Å². The third-order valence-electron chi connectivity index (χ3n) is 6.60. The highest BCUT2D eigenvalue weighted by Gasteiger charge is 2.46. The van der Waals surface area contributed by atoms with E-state index in [1.54, 1.807) is 32.3 Å². The molecule has 3 heterocycles. The lowest BCUT2D eigenvalue weighted by Crippen LogP contribution is -2.29. The largest absolute Gasteiger partial charge is 0.507 e. The van der Waals surface area contributed by atoms with Gasteiger partial charge in [-0.3, -0.25) is 14.6 Å². The van der Waals surface area contributed by atoms with E-state index in [1.807, 2.05) is 30.3 Å². The van der Waals surface area contributed by atoms with Crippen molar-refractivity contribution in [1.29, 1.82) is 0 Å². The maximum Gasteiger partial charge on any atom is 0.354 e. The van der Waals surface area contributed by atoms with Gasteiger partial charge >= 0.3 is 5.97 Å². The number of ether oxygens (including phenoxy) is 1. The van der Waals surface area contributed by atoms with Gasteiger partial charge in [0, 0.05) is 30.2 Å². The SMILES string of the molecule is COC(=O)c1[nH]c(C)c(/C(O)=C2\C(=O)C(=O)N(Cc3cccnc3)[C@@H]2c2ccc(C(C)C)cc2)c1C. The van der Waals surface area contributed by atoms with E-state index in [1.165, 1.54) is 12.0 Å². The van der Waals surface area contributed by atoms with Crippen LogP contribution in [0.4, 0.5) is 0 Å². The monoisotopic (exact) mass is 487 g/mol. The van der Waals surface area contributed by atoms with Gasteiger partial charge in [-0.1, -0.05) is 44.2 Å². The van der Waals surface area contributed by atoms with Gasteiger partial charge in [-0.05, 0) is 48.1 Å². The number of aliphatic hydroxyl groups is 1. The van der Waals surface area contributed by atoms with E-state index in [4.69, 9.17) is 4.74 Å². The number of hydrogen-bond acceptors (Lipinski definition) is 6. The van der Waals surface area contributed by atoms with Crippen molar-refractivity contribution in [3.05, 3.63) is 93.6 Å². The number of aryl methyl sites for hydroxylation is 1. The minimum Gasteiger partial charge on any atom is -0.507 e. The van der Waals surface area contributed by atoms with E-state index in [-0.39, 0.29) is 23.6 Å². The van der Waals surface area contributed by atoms with Crippen molar-refractivity contribution < 1.29 is 24.2 Å². The van der Waals surface area contributed by atoms with E-state index in [9.17, 15) is 19.5 Å². The van der Waals surface area contributed by atoms with E-state index in [0.717, 1.165) is 11.1 Å². The summed E-state index contributed by atoms with van der Waals surface area (Å²) >= 11 is 0. The van der Waals surface area contributed by atoms with Crippen LogP contribution in [-0.2, 0) is 20.9 Å². The minimum atomic E-state index is -0.818. The second kappa shape index (κ2) is 9.81. The van der Waals surface area contributed by atoms with Crippen molar-refractivity contribution in [2.45, 2.75) is 46.2 Å². The number of Topliss-reactive ketones (excluding diaryl/α,β-unsaturated/α-hetero) is 1. The summed E-state index contributed by atoms with van der Waals surface area (Å²) in [5.41, 5.74) is 3.94. The maximum atomic E-state index is 13.4. The fraction of sp³-hybridized carbons (Fsp3) is 0.286. The first-order valence-corrected chi connectivity index (χ1v) is 11.7. The average molecular weight is 488 g/mol. The third-order valence-corrected chi connectivity index (χ3v) is 6.60. The van der Waals surface area contributed by atoms with Crippen molar-refractivity contribution in [2.75, 3.05) is 7.11 Å². The predicted octanol–water partition coefficient (Wildman–Crippen LogP) is 4.56. The molecule has 1 aliphatic rings. The molecule has 4 rings (SSSR count). The number of H-pyrrole nitrogens is 1. The molecule has 0 radical (unpaired) electrons. The van der Waals surface area contributed by atoms with Crippen LogP contribution >= 0.6 is 0 Å². The van der Waals surface area contributed by atoms with Crippen molar-refractivity contribution >= 4 is 23.4 Å². The molecule has 1 atom stereocenters. The van der Waals surface area contributed by atoms with Crippen LogP contribution < -0.4 is 0 Å². The second-order valence-corrected chi connectivity index (χ2v) is 9.23. The Labute approximate surface area is 209 Å². The number of aromatic nitrogens is 2. The fourth-order valence-electron chi connectivity index (χ4n) is 4.69. The number of carbonyl (C=O) groups is 3. The summed E-state index contributed by atoms with van der Waals surface area (Å²) in [5, 5.41) is 11.5. The molecule has 1 saturated heterocycles. The average Bonchev–Trinajstić information content (AvgIpc) is 3.31. The highest BCUT2D eigenvalue weighted by molar-refractivity contribution is 6.46. The lowest BCUT2D eigenvalue weighted by Gasteiger charge is -2.25. The summed E-state index contributed by atoms with van der Waals surface area (Å²) in [5.74, 6) is -2.11. The number of carbonyl (C=O) groups excluding carboxylic acids is 3. The normalized spacial score (nSPS) is 17.2. The van der Waals surface area contributed by atoms with Gasteiger partial charge in [-0.15, -0.1) is 0 Å². The Bertz CT molecular complexity index is 1350. The number of amides is 1. The van der Waals surface area contributed by atoms with Crippen LogP contribution in [0.1, 0.15) is 69.8 Å². The number of pyridine rings is 1. The van der Waals surface area contributed by atoms with Gasteiger partial charge in [-0.25, -0.2) is 4.79 Å². The zero-order valence-corrected chi connectivity index (χ0v) is 21.0. The lowest BCUT2D eigenvalue weighted by atomic mass is 9.92. The number of likely N-dealkylation sites (tertiary alicyclic amines) is 1. The molecule has 1 aliphatic heterocycles. The van der Waals surface area contributed by atoms with Gasteiger partial charge in [0.25, 0.3) is 11.7 Å². The molecule has 8 nitrogen and oxygen atoms in total. The third kappa shape index (κ3) is 4.30. The first kappa shape index (κ1) is 24.9. The Balaban J connectivity index is 1.90. The fourth-order valence-corrected chi connectivity index (χ4v) is 4.69. The molecule has 8 heteroatoms. The summed E-state index contributed by atoms with van der Waals surface area (Å²) in [6.07, 6.45) is 3.28. The number of rotatable bonds is 6. The van der Waals surface area contributed by atoms with Gasteiger partial charge in [0.15, 0.2) is 0 Å². The molecule has 1 fully saturated rings. The summed E-state index contributed by atoms with van der Waals surface area (Å²) < 4.78 is 4.83. The number of aromatic amines is 1. The van der Waals surface area contributed by atoms with Crippen LogP contribution in [-0.4, -0.2) is 44.7 Å². The molecule has 0 bridgehead atoms. The second-order valence-electron chi connectivity index (χ2n) is 9.23. The topological polar surface area (TPSA) is 113 Å². The van der Waals surface area contributed by atoms with Gasteiger partial charge in [0.1, 0.15) is 11.5 Å². The van der Waals surface area contributed by atoms with Gasteiger partial charge in [0.05, 0.1) is 18.7 Å². The zero-order chi connectivity index (χ0) is 26.1. The summed E-state index contributed by atoms with van der Waals surface area (Å²) in [4.78, 5) is 47.4. The predicted molar refractivity (Wildman–Crippen MR) is 134 cm³/mol. The van der Waals surface area contributed by atoms with Crippen LogP contribution in [0.5, 0.6) is 0 Å². The molecule has 2 aromatic heterocycles. The number of hydrogen-bond donors (Lipinski definition) is 2. The van der Waals surface area contributed by atoms with Crippen molar-refractivity contribution in [3.63, 3.8) is 0 Å². The van der Waals surface area contributed by atoms with E-state index < -0.39 is 23.7 Å². The Morgan fingerprint density at radius 1 is 1.17 bits per heavy atom. The van der Waals surface area contributed by atoms with Gasteiger partial charge in [-0.2, -0.15) is 0 Å². The number of esters is 1. The number of nitrogens with one attached hydrogen (secondary N) is 1. The highest BCUT2D eigenvalue weighted by Crippen LogP contribution is 2.41. The van der Waals surface area contributed by atoms with Crippen LogP contribution in [0.25, 0.3) is 5.76 Å². The van der Waals surface area contributed by atoms with Crippen molar-refractivity contribution in [3.8, 4) is 0 Å². The number of nitrogens with zero attached hydrogens (tertiary/aromatic N) is 2. The van der Waals surface area contributed by atoms with Crippen molar-refractivity contribution in [1.82, 2.24) is 14.9 Å². The van der Waals surface area contributed by atoms with Crippen LogP contribution in [0, 0.1) is 13.8 Å². The minimum absolute atomic E-state index is 0.0252. The molecule has 0 aliphatic carbocycles. The number of benzene rings is 1. The molecule has 2 N–H and O–H groups in total. The molecule has 0 spiro atoms. The van der Waals surface area contributed by atoms with Crippen LogP contribution in [0.3, 0.4) is 0 Å². The smallest absolute Gasteiger partial charge is 0.354 e. The number of ketones is 1. The van der Waals surface area contributed by atoms with Gasteiger partial charge < -0.3 is 19.7 Å². The molecule has 186 valence electrons. The Morgan fingerprint density at radius 3 is 2.44 bits per heavy atom. The summed E-state index contributed by atoms with van der Waals surface area (Å²) in [6, 6.07) is 10.5. The maximum absolute atomic E-state index is 13.4. The molecular formula is C28H29N3O5. The molecule has 0 saturated carbocycles. The van der Waals surface area contributed by atoms with E-state index in [0.29, 0.717) is 28.3 Å². The highest BCUT2D eigenvalue weighted by atomic mass is 16.5. The number of aliphatic hydroxyl groups excluding tert-OH is 1. The Kier molecular flexibility index (Phi) is 6.79. The number of methoxy groups -OCH3 is 1. The van der Waals surface area contributed by atoms with E-state index in [2.05, 4.69) is 23.8 Å². The van der Waals surface area contributed by atoms with Crippen LogP contribution in [0.15, 0.2) is 54.4 Å². The first-order valence-electron chi connectivity index (χ1n) is 11.7. The van der Waals surface area contributed by atoms with Crippen molar-refractivity contribution in [2.24, 2.45) is 0 Å². The first-order chi connectivity index (χ1) is 17.1. The molecule has 1 amide bonds. The lowest BCUT2D eigenvalue weighted by molar-refractivity contribution is -0.140. The molecule has 3 aromatic rings. The quantitative estimate of drug-likeness (QED) is 0.228. The molecule has 36 heavy (non-hydrogen) atoms. The molecule has 0 unspecified atom stereocenters. The summed E-state index contributed by atoms with van der Waals surface area (Å²) in [6.45, 7) is 7.65. The van der Waals surface area contributed by atoms with Gasteiger partial charge in [0.2, 0.25) is 0 Å². The Hall–Kier alpha value is -4.20. The summed E-state index contributed by atoms with van der Waals surface area (Å²) in [7, 11) is 1.27.